The van der Waals surface area contributed by atoms with Crippen LogP contribution < -0.4 is 0 Å². The Morgan fingerprint density at radius 2 is 2.25 bits per heavy atom. The maximum atomic E-state index is 3.93. The second-order valence-electron chi connectivity index (χ2n) is 1.60. The monoisotopic (exact) mass is 112 g/mol. The second-order valence-corrected chi connectivity index (χ2v) is 1.60. The summed E-state index contributed by atoms with van der Waals surface area (Å²) in [6, 6.07) is 1.97. The molecule has 2 nitrogen and oxygen atoms in total. The maximum Gasteiger partial charge on any atom is 0.0492 e. The smallest absolute Gasteiger partial charge is 0.0492 e. The van der Waals surface area contributed by atoms with Gasteiger partial charge in [0.1, 0.15) is 0 Å². The first kappa shape index (κ1) is 7.21. The average Bonchev–Trinajstić information content (AvgIpc) is 1.91. The molecule has 8 heavy (non-hydrogen) atoms. The van der Waals surface area contributed by atoms with Crippen LogP contribution in [0.5, 0.6) is 0 Å². The summed E-state index contributed by atoms with van der Waals surface area (Å²) < 4.78 is 1.83. The highest BCUT2D eigenvalue weighted by Crippen LogP contribution is 1.88. The molecule has 0 unspecified atom stereocenters. The van der Waals surface area contributed by atoms with Crippen molar-refractivity contribution in [2.45, 2.75) is 14.4 Å². The minimum Gasteiger partial charge on any atom is -0.273 e. The van der Waals surface area contributed by atoms with E-state index in [2.05, 4.69) is 5.10 Å². The van der Waals surface area contributed by atoms with Gasteiger partial charge in [-0.05, 0) is 13.0 Å². The van der Waals surface area contributed by atoms with Gasteiger partial charge in [0, 0.05) is 18.9 Å². The fraction of sp³-hybridized carbons (Fsp3) is 0.500. The van der Waals surface area contributed by atoms with Gasteiger partial charge in [-0.25, -0.2) is 0 Å². The van der Waals surface area contributed by atoms with Gasteiger partial charge < -0.3 is 0 Å². The van der Waals surface area contributed by atoms with E-state index >= 15 is 0 Å². The number of nitrogens with zero attached hydrogens (tertiary/aromatic N) is 2. The van der Waals surface area contributed by atoms with Crippen molar-refractivity contribution in [1.29, 1.82) is 0 Å². The molecular formula is C6H12N2. The third-order valence-electron chi connectivity index (χ3n) is 1.07. The molecule has 2 heteroatoms. The summed E-state index contributed by atoms with van der Waals surface area (Å²) in [4.78, 5) is 0. The van der Waals surface area contributed by atoms with Crippen molar-refractivity contribution >= 4 is 0 Å². The van der Waals surface area contributed by atoms with Gasteiger partial charge in [0.15, 0.2) is 0 Å². The highest BCUT2D eigenvalue weighted by molar-refractivity contribution is 4.94. The molecule has 0 N–H and O–H groups in total. The summed E-state index contributed by atoms with van der Waals surface area (Å²) in [5.41, 5.74) is 1.19. The van der Waals surface area contributed by atoms with Crippen LogP contribution in [0.1, 0.15) is 13.1 Å². The van der Waals surface area contributed by atoms with Gasteiger partial charge in [0.25, 0.3) is 0 Å². The van der Waals surface area contributed by atoms with Crippen LogP contribution in [0.15, 0.2) is 12.3 Å². The summed E-state index contributed by atoms with van der Waals surface area (Å²) in [5, 5.41) is 3.93. The van der Waals surface area contributed by atoms with Gasteiger partial charge in [-0.15, -0.1) is 0 Å². The van der Waals surface area contributed by atoms with Gasteiger partial charge >= 0.3 is 0 Å². The average molecular weight is 112 g/mol. The van der Waals surface area contributed by atoms with Crippen molar-refractivity contribution in [3.63, 3.8) is 0 Å². The molecule has 1 rings (SSSR count). The molecule has 1 aromatic heterocycles. The van der Waals surface area contributed by atoms with Gasteiger partial charge in [-0.2, -0.15) is 5.10 Å². The van der Waals surface area contributed by atoms with E-state index in [1.807, 2.05) is 24.7 Å². The number of aryl methyl sites for hydroxylation is 2. The molecule has 46 valence electrons. The predicted molar refractivity (Wildman–Crippen MR) is 34.7 cm³/mol. The Bertz CT molecular complexity index is 139. The topological polar surface area (TPSA) is 17.8 Å². The van der Waals surface area contributed by atoms with Crippen molar-refractivity contribution in [2.75, 3.05) is 0 Å². The molecule has 0 aliphatic carbocycles. The Kier molecular flexibility index (Phi) is 2.25. The third-order valence-corrected chi connectivity index (χ3v) is 1.07. The van der Waals surface area contributed by atoms with Gasteiger partial charge in [-0.1, -0.05) is 7.43 Å². The Balaban J connectivity index is 0.000000490. The zero-order chi connectivity index (χ0) is 5.28. The van der Waals surface area contributed by atoms with Gasteiger partial charge in [0.2, 0.25) is 0 Å². The quantitative estimate of drug-likeness (QED) is 0.495. The molecule has 0 bridgehead atoms. The molecule has 0 aliphatic rings. The minimum atomic E-state index is 0. The zero-order valence-electron chi connectivity index (χ0n) is 4.55. The molecular weight excluding hydrogens is 100 g/mol. The molecule has 1 heterocycles. The van der Waals surface area contributed by atoms with E-state index in [0.717, 1.165) is 0 Å². The van der Waals surface area contributed by atoms with Crippen molar-refractivity contribution < 1.29 is 0 Å². The Morgan fingerprint density at radius 3 is 2.38 bits per heavy atom. The number of hydrogen-bond acceptors (Lipinski definition) is 1. The van der Waals surface area contributed by atoms with Crippen molar-refractivity contribution in [3.8, 4) is 0 Å². The van der Waals surface area contributed by atoms with Crippen LogP contribution >= 0.6 is 0 Å². The van der Waals surface area contributed by atoms with E-state index in [0.29, 0.717) is 0 Å². The van der Waals surface area contributed by atoms with Crippen LogP contribution in [-0.2, 0) is 7.05 Å². The van der Waals surface area contributed by atoms with E-state index in [1.54, 1.807) is 6.20 Å². The minimum absolute atomic E-state index is 0. The van der Waals surface area contributed by atoms with E-state index in [4.69, 9.17) is 0 Å². The van der Waals surface area contributed by atoms with Crippen LogP contribution in [-0.4, -0.2) is 9.78 Å². The largest absolute Gasteiger partial charge is 0.273 e. The zero-order valence-corrected chi connectivity index (χ0v) is 4.55. The van der Waals surface area contributed by atoms with Crippen LogP contribution in [0.3, 0.4) is 0 Å². The molecule has 0 fully saturated rings. The number of hydrogen-bond donors (Lipinski definition) is 0. The molecule has 0 amide bonds. The second kappa shape index (κ2) is 2.50. The lowest BCUT2D eigenvalue weighted by Gasteiger charge is -1.87. The molecule has 0 saturated carbocycles. The first-order valence-electron chi connectivity index (χ1n) is 2.25. The SMILES string of the molecule is C.Cc1ccnn1C. The van der Waals surface area contributed by atoms with E-state index in [1.165, 1.54) is 5.69 Å². The maximum absolute atomic E-state index is 3.93. The molecule has 0 spiro atoms. The number of rotatable bonds is 0. The van der Waals surface area contributed by atoms with Crippen LogP contribution in [0.4, 0.5) is 0 Å². The van der Waals surface area contributed by atoms with Crippen LogP contribution in [0, 0.1) is 6.92 Å². The first-order chi connectivity index (χ1) is 3.30. The standard InChI is InChI=1S/C5H8N2.CH4/c1-5-3-4-6-7(5)2;/h3-4H,1-2H3;1H4. The fourth-order valence-corrected chi connectivity index (χ4v) is 0.440. The fourth-order valence-electron chi connectivity index (χ4n) is 0.440. The van der Waals surface area contributed by atoms with E-state index < -0.39 is 0 Å². The predicted octanol–water partition coefficient (Wildman–Crippen LogP) is 1.36. The summed E-state index contributed by atoms with van der Waals surface area (Å²) in [6.07, 6.45) is 1.79. The van der Waals surface area contributed by atoms with Crippen LogP contribution in [0.2, 0.25) is 0 Å². The lowest BCUT2D eigenvalue weighted by atomic mass is 10.5. The normalized spacial score (nSPS) is 8.25. The van der Waals surface area contributed by atoms with Crippen molar-refractivity contribution in [2.24, 2.45) is 7.05 Å². The van der Waals surface area contributed by atoms with Gasteiger partial charge in [0.05, 0.1) is 0 Å². The van der Waals surface area contributed by atoms with E-state index in [-0.39, 0.29) is 7.43 Å². The molecule has 0 saturated heterocycles. The van der Waals surface area contributed by atoms with Crippen molar-refractivity contribution in [3.05, 3.63) is 18.0 Å². The Labute approximate surface area is 50.1 Å². The highest BCUT2D eigenvalue weighted by Gasteiger charge is 1.83. The Hall–Kier alpha value is -0.790. The van der Waals surface area contributed by atoms with Crippen LogP contribution in [0.25, 0.3) is 0 Å². The summed E-state index contributed by atoms with van der Waals surface area (Å²) >= 11 is 0. The molecule has 0 aliphatic heterocycles. The molecule has 0 radical (unpaired) electrons. The Morgan fingerprint density at radius 1 is 1.62 bits per heavy atom. The molecule has 0 aromatic carbocycles. The first-order valence-corrected chi connectivity index (χ1v) is 2.25. The number of aromatic nitrogens is 2. The lowest BCUT2D eigenvalue weighted by molar-refractivity contribution is 0.740. The van der Waals surface area contributed by atoms with E-state index in [9.17, 15) is 0 Å². The summed E-state index contributed by atoms with van der Waals surface area (Å²) in [6.45, 7) is 2.02. The summed E-state index contributed by atoms with van der Waals surface area (Å²) in [5.74, 6) is 0. The third kappa shape index (κ3) is 1.09. The summed E-state index contributed by atoms with van der Waals surface area (Å²) in [7, 11) is 1.93. The molecule has 0 atom stereocenters. The highest BCUT2D eigenvalue weighted by atomic mass is 15.2. The molecule has 1 aromatic rings. The van der Waals surface area contributed by atoms with Gasteiger partial charge in [-0.3, -0.25) is 4.68 Å². The van der Waals surface area contributed by atoms with Crippen molar-refractivity contribution in [1.82, 2.24) is 9.78 Å². The lowest BCUT2D eigenvalue weighted by Crippen LogP contribution is -1.90.